The van der Waals surface area contributed by atoms with Crippen LogP contribution >= 0.6 is 0 Å². The minimum atomic E-state index is -5.17. The summed E-state index contributed by atoms with van der Waals surface area (Å²) in [5, 5.41) is 14.3. The number of nitriles is 1. The molecule has 2 aliphatic carbocycles. The van der Waals surface area contributed by atoms with E-state index in [0.29, 0.717) is 6.42 Å². The van der Waals surface area contributed by atoms with E-state index in [-0.39, 0.29) is 47.6 Å². The monoisotopic (exact) mass is 539 g/mol. The molecular weight excluding hydrogens is 503 g/mol. The van der Waals surface area contributed by atoms with Gasteiger partial charge in [-0.3, -0.25) is 19.2 Å². The first-order chi connectivity index (χ1) is 17.3. The van der Waals surface area contributed by atoms with Crippen molar-refractivity contribution in [2.45, 2.75) is 90.1 Å². The lowest BCUT2D eigenvalue weighted by Gasteiger charge is -2.37. The second-order valence-electron chi connectivity index (χ2n) is 13.1. The number of nitrogens with one attached hydrogen (secondary N) is 2. The molecule has 0 aromatic rings. The van der Waals surface area contributed by atoms with Crippen LogP contribution in [-0.2, 0) is 19.2 Å². The molecule has 4 rings (SSSR count). The number of hydrogen-bond donors (Lipinski definition) is 2. The standard InChI is InChI=1S/C26H36F3N5O4/c1-23(2,3)18(32-22(38)26(27,28)29)21(37)34-12-15-16(24(15,4)5)17(34)19(35)31-14(11-30)9-13-10-25(7-8-25)33(6)20(13)36/h13-18H,7-10,12H2,1-6H3,(H,31,35)(H,32,38)/t13-,14+,15?,16?,17?,18-/m1/s1. The number of carbonyl (C=O) groups excluding carboxylic acids is 4. The Hall–Kier alpha value is -2.84. The number of amides is 4. The topological polar surface area (TPSA) is 123 Å². The summed E-state index contributed by atoms with van der Waals surface area (Å²) in [6.45, 7) is 8.69. The maximum atomic E-state index is 13.6. The van der Waals surface area contributed by atoms with Crippen molar-refractivity contribution in [3.63, 3.8) is 0 Å². The number of carbonyl (C=O) groups is 4. The SMILES string of the molecule is CN1C(=O)[C@H](C[C@@H](C#N)NC(=O)C2C3C(CN2C(=O)[C@@H](NC(=O)C(F)(F)F)C(C)(C)C)C3(C)C)CC12CC2. The van der Waals surface area contributed by atoms with Gasteiger partial charge in [-0.05, 0) is 48.3 Å². The molecule has 2 heterocycles. The van der Waals surface area contributed by atoms with E-state index in [2.05, 4.69) is 11.4 Å². The summed E-state index contributed by atoms with van der Waals surface area (Å²) in [5.41, 5.74) is -1.46. The molecule has 4 amide bonds. The average Bonchev–Trinajstić information content (AvgIpc) is 3.58. The predicted octanol–water partition coefficient (Wildman–Crippen LogP) is 1.97. The minimum Gasteiger partial charge on any atom is -0.340 e. The van der Waals surface area contributed by atoms with Gasteiger partial charge in [0.1, 0.15) is 18.1 Å². The molecule has 9 nitrogen and oxygen atoms in total. The summed E-state index contributed by atoms with van der Waals surface area (Å²) in [4.78, 5) is 54.6. The second kappa shape index (κ2) is 8.85. The molecule has 3 unspecified atom stereocenters. The number of fused-ring (bicyclic) bond motifs is 1. The number of rotatable bonds is 6. The normalized spacial score (nSPS) is 30.4. The van der Waals surface area contributed by atoms with Crippen LogP contribution in [0.1, 0.15) is 60.3 Å². The Morgan fingerprint density at radius 2 is 1.76 bits per heavy atom. The molecule has 2 saturated heterocycles. The van der Waals surface area contributed by atoms with Crippen LogP contribution in [0, 0.1) is 39.9 Å². The number of halogens is 3. The van der Waals surface area contributed by atoms with Gasteiger partial charge in [0.05, 0.1) is 6.07 Å². The summed E-state index contributed by atoms with van der Waals surface area (Å²) >= 11 is 0. The lowest BCUT2D eigenvalue weighted by molar-refractivity contribution is -0.176. The second-order valence-corrected chi connectivity index (χ2v) is 13.1. The molecule has 2 aliphatic heterocycles. The molecule has 6 atom stereocenters. The van der Waals surface area contributed by atoms with Crippen molar-refractivity contribution in [3.05, 3.63) is 0 Å². The molecule has 2 saturated carbocycles. The van der Waals surface area contributed by atoms with Crippen molar-refractivity contribution >= 4 is 23.6 Å². The van der Waals surface area contributed by atoms with Crippen molar-refractivity contribution in [2.75, 3.05) is 13.6 Å². The number of piperidine rings is 1. The van der Waals surface area contributed by atoms with Crippen LogP contribution in [0.4, 0.5) is 13.2 Å². The Labute approximate surface area is 220 Å². The molecule has 0 radical (unpaired) electrons. The summed E-state index contributed by atoms with van der Waals surface area (Å²) in [6, 6.07) is -1.41. The van der Waals surface area contributed by atoms with E-state index in [1.165, 1.54) is 25.7 Å². The number of alkyl halides is 3. The molecule has 0 aromatic carbocycles. The van der Waals surface area contributed by atoms with E-state index in [1.54, 1.807) is 11.9 Å². The van der Waals surface area contributed by atoms with Gasteiger partial charge in [-0.2, -0.15) is 18.4 Å². The summed E-state index contributed by atoms with van der Waals surface area (Å²) in [6.07, 6.45) is -2.54. The Morgan fingerprint density at radius 1 is 1.16 bits per heavy atom. The molecule has 0 bridgehead atoms. The fraction of sp³-hybridized carbons (Fsp3) is 0.808. The van der Waals surface area contributed by atoms with Gasteiger partial charge in [-0.25, -0.2) is 0 Å². The lowest BCUT2D eigenvalue weighted by Crippen LogP contribution is -2.61. The number of likely N-dealkylation sites (tertiary alicyclic amines) is 2. The smallest absolute Gasteiger partial charge is 0.340 e. The fourth-order valence-electron chi connectivity index (χ4n) is 6.58. The highest BCUT2D eigenvalue weighted by Gasteiger charge is 2.70. The van der Waals surface area contributed by atoms with Crippen LogP contribution in [0.5, 0.6) is 0 Å². The van der Waals surface area contributed by atoms with Crippen molar-refractivity contribution in [1.82, 2.24) is 20.4 Å². The van der Waals surface area contributed by atoms with Crippen LogP contribution < -0.4 is 10.6 Å². The molecule has 0 aromatic heterocycles. The lowest BCUT2D eigenvalue weighted by atomic mass is 9.85. The van der Waals surface area contributed by atoms with E-state index in [0.717, 1.165) is 12.8 Å². The Kier molecular flexibility index (Phi) is 6.56. The van der Waals surface area contributed by atoms with E-state index < -0.39 is 47.4 Å². The van der Waals surface area contributed by atoms with Crippen LogP contribution in [0.25, 0.3) is 0 Å². The van der Waals surface area contributed by atoms with Gasteiger partial charge in [-0.1, -0.05) is 34.6 Å². The molecule has 4 aliphatic rings. The van der Waals surface area contributed by atoms with Gasteiger partial charge in [0, 0.05) is 25.0 Å². The zero-order valence-corrected chi connectivity index (χ0v) is 22.6. The van der Waals surface area contributed by atoms with Crippen LogP contribution in [0.15, 0.2) is 0 Å². The van der Waals surface area contributed by atoms with E-state index >= 15 is 0 Å². The van der Waals surface area contributed by atoms with Crippen molar-refractivity contribution in [3.8, 4) is 6.07 Å². The summed E-state index contributed by atoms with van der Waals surface area (Å²) in [7, 11) is 1.76. The predicted molar refractivity (Wildman–Crippen MR) is 129 cm³/mol. The highest BCUT2D eigenvalue weighted by atomic mass is 19.4. The zero-order valence-electron chi connectivity index (χ0n) is 22.6. The highest BCUT2D eigenvalue weighted by Crippen LogP contribution is 2.65. The van der Waals surface area contributed by atoms with E-state index in [9.17, 15) is 37.6 Å². The van der Waals surface area contributed by atoms with Crippen molar-refractivity contribution in [2.24, 2.45) is 28.6 Å². The molecule has 1 spiro atoms. The minimum absolute atomic E-state index is 0.0403. The maximum Gasteiger partial charge on any atom is 0.471 e. The van der Waals surface area contributed by atoms with Crippen LogP contribution in [0.3, 0.4) is 0 Å². The maximum absolute atomic E-state index is 13.6. The van der Waals surface area contributed by atoms with Crippen LogP contribution in [-0.4, -0.2) is 76.9 Å². The van der Waals surface area contributed by atoms with Gasteiger partial charge in [0.25, 0.3) is 0 Å². The molecule has 12 heteroatoms. The Balaban J connectivity index is 1.51. The third-order valence-electron chi connectivity index (χ3n) is 9.24. The first-order valence-corrected chi connectivity index (χ1v) is 13.0. The van der Waals surface area contributed by atoms with Gasteiger partial charge in [0.2, 0.25) is 17.7 Å². The molecule has 4 fully saturated rings. The van der Waals surface area contributed by atoms with Gasteiger partial charge < -0.3 is 20.4 Å². The van der Waals surface area contributed by atoms with Crippen LogP contribution in [0.2, 0.25) is 0 Å². The summed E-state index contributed by atoms with van der Waals surface area (Å²) in [5.74, 6) is -4.28. The van der Waals surface area contributed by atoms with E-state index in [4.69, 9.17) is 0 Å². The van der Waals surface area contributed by atoms with Crippen molar-refractivity contribution in [1.29, 1.82) is 5.26 Å². The number of nitrogens with zero attached hydrogens (tertiary/aromatic N) is 3. The molecule has 2 N–H and O–H groups in total. The largest absolute Gasteiger partial charge is 0.471 e. The van der Waals surface area contributed by atoms with Gasteiger partial charge in [-0.15, -0.1) is 0 Å². The Morgan fingerprint density at radius 3 is 2.24 bits per heavy atom. The first kappa shape index (κ1) is 28.2. The van der Waals surface area contributed by atoms with Crippen molar-refractivity contribution < 1.29 is 32.3 Å². The molecule has 38 heavy (non-hydrogen) atoms. The third kappa shape index (κ3) is 4.73. The zero-order chi connectivity index (χ0) is 28.6. The quantitative estimate of drug-likeness (QED) is 0.535. The third-order valence-corrected chi connectivity index (χ3v) is 9.24. The summed E-state index contributed by atoms with van der Waals surface area (Å²) < 4.78 is 39.0. The van der Waals surface area contributed by atoms with E-state index in [1.807, 2.05) is 19.2 Å². The van der Waals surface area contributed by atoms with Gasteiger partial charge in [0.15, 0.2) is 0 Å². The Bertz CT molecular complexity index is 1090. The molecular formula is C26H36F3N5O4. The van der Waals surface area contributed by atoms with Gasteiger partial charge >= 0.3 is 12.1 Å². The fourth-order valence-corrected chi connectivity index (χ4v) is 6.58. The molecule has 210 valence electrons. The average molecular weight is 540 g/mol. The number of hydrogen-bond acceptors (Lipinski definition) is 5. The first-order valence-electron chi connectivity index (χ1n) is 13.0. The highest BCUT2D eigenvalue weighted by molar-refractivity contribution is 5.95.